The molecule has 1 aromatic heterocycles. The van der Waals surface area contributed by atoms with Gasteiger partial charge in [0.05, 0.1) is 11.1 Å². The minimum atomic E-state index is -0.782. The van der Waals surface area contributed by atoms with Gasteiger partial charge in [-0.25, -0.2) is 4.39 Å². The number of furan rings is 1. The van der Waals surface area contributed by atoms with Gasteiger partial charge in [-0.2, -0.15) is 10.5 Å². The van der Waals surface area contributed by atoms with Crippen LogP contribution in [-0.2, 0) is 5.41 Å². The summed E-state index contributed by atoms with van der Waals surface area (Å²) in [6, 6.07) is 25.2. The summed E-state index contributed by atoms with van der Waals surface area (Å²) in [4.78, 5) is 0. The van der Waals surface area contributed by atoms with E-state index in [4.69, 9.17) is 4.42 Å². The molecule has 33 heavy (non-hydrogen) atoms. The number of halogens is 1. The summed E-state index contributed by atoms with van der Waals surface area (Å²) >= 11 is 0. The average molecular weight is 428 g/mol. The van der Waals surface area contributed by atoms with Crippen LogP contribution in [0.25, 0.3) is 44.2 Å². The van der Waals surface area contributed by atoms with Crippen molar-refractivity contribution in [3.05, 3.63) is 94.8 Å². The molecule has 5 aromatic rings. The van der Waals surface area contributed by atoms with Crippen molar-refractivity contribution in [2.45, 2.75) is 19.3 Å². The Balaban J connectivity index is 1.60. The molecular formula is C29H17FN2O. The first-order valence-electron chi connectivity index (χ1n) is 10.7. The van der Waals surface area contributed by atoms with Crippen LogP contribution in [0.3, 0.4) is 0 Å². The van der Waals surface area contributed by atoms with Crippen LogP contribution in [0.15, 0.2) is 71.1 Å². The summed E-state index contributed by atoms with van der Waals surface area (Å²) in [5, 5.41) is 20.5. The second-order valence-electron chi connectivity index (χ2n) is 8.99. The van der Waals surface area contributed by atoms with Gasteiger partial charge in [-0.15, -0.1) is 0 Å². The Hall–Kier alpha value is -4.41. The molecule has 1 aliphatic carbocycles. The Morgan fingerprint density at radius 2 is 1.42 bits per heavy atom. The van der Waals surface area contributed by atoms with Gasteiger partial charge in [0.2, 0.25) is 0 Å². The number of benzene rings is 4. The molecule has 4 aromatic carbocycles. The third kappa shape index (κ3) is 2.59. The van der Waals surface area contributed by atoms with Gasteiger partial charge in [-0.05, 0) is 69.8 Å². The largest absolute Gasteiger partial charge is 0.456 e. The molecule has 0 spiro atoms. The lowest BCUT2D eigenvalue weighted by atomic mass is 9.82. The van der Waals surface area contributed by atoms with Crippen molar-refractivity contribution in [1.29, 1.82) is 10.5 Å². The molecule has 4 heteroatoms. The van der Waals surface area contributed by atoms with Crippen molar-refractivity contribution < 1.29 is 8.81 Å². The highest BCUT2D eigenvalue weighted by atomic mass is 19.1. The van der Waals surface area contributed by atoms with Crippen LogP contribution < -0.4 is 0 Å². The Kier molecular flexibility index (Phi) is 3.83. The van der Waals surface area contributed by atoms with Crippen LogP contribution in [0.4, 0.5) is 4.39 Å². The van der Waals surface area contributed by atoms with E-state index in [2.05, 4.69) is 50.2 Å². The lowest BCUT2D eigenvalue weighted by Crippen LogP contribution is -2.14. The molecule has 0 saturated carbocycles. The zero-order valence-corrected chi connectivity index (χ0v) is 18.0. The minimum absolute atomic E-state index is 0.111. The molecule has 1 aliphatic rings. The van der Waals surface area contributed by atoms with Gasteiger partial charge in [0, 0.05) is 16.2 Å². The average Bonchev–Trinajstić information content (AvgIpc) is 3.30. The summed E-state index contributed by atoms with van der Waals surface area (Å²) < 4.78 is 20.4. The number of fused-ring (bicyclic) bond motifs is 6. The molecule has 0 bridgehead atoms. The number of rotatable bonds is 1. The number of hydrogen-bond donors (Lipinski definition) is 0. The van der Waals surface area contributed by atoms with Gasteiger partial charge >= 0.3 is 0 Å². The molecule has 0 aliphatic heterocycles. The molecule has 0 N–H and O–H groups in total. The fourth-order valence-corrected chi connectivity index (χ4v) is 5.10. The summed E-state index contributed by atoms with van der Waals surface area (Å²) in [7, 11) is 0. The first-order chi connectivity index (χ1) is 15.9. The van der Waals surface area contributed by atoms with Gasteiger partial charge in [-0.1, -0.05) is 44.2 Å². The van der Waals surface area contributed by atoms with Crippen molar-refractivity contribution in [2.24, 2.45) is 0 Å². The molecule has 6 rings (SSSR count). The van der Waals surface area contributed by atoms with Crippen LogP contribution in [0.2, 0.25) is 0 Å². The Bertz CT molecular complexity index is 1690. The first kappa shape index (κ1) is 19.3. The molecule has 0 fully saturated rings. The molecular weight excluding hydrogens is 411 g/mol. The van der Waals surface area contributed by atoms with E-state index in [1.165, 1.54) is 34.4 Å². The van der Waals surface area contributed by atoms with E-state index < -0.39 is 5.82 Å². The molecule has 0 unspecified atom stereocenters. The smallest absolute Gasteiger partial charge is 0.158 e. The van der Waals surface area contributed by atoms with Crippen LogP contribution in [-0.4, -0.2) is 0 Å². The zero-order chi connectivity index (χ0) is 22.9. The molecule has 0 atom stereocenters. The first-order valence-corrected chi connectivity index (χ1v) is 10.7. The normalized spacial score (nSPS) is 13.5. The number of hydrogen-bond acceptors (Lipinski definition) is 3. The SMILES string of the molecule is CC1(C)c2ccccc2-c2cc3c(cc21)oc1ccc(-c2cc(C#N)c(F)c(C#N)c2)cc13. The summed E-state index contributed by atoms with van der Waals surface area (Å²) in [5.74, 6) is -0.782. The van der Waals surface area contributed by atoms with Gasteiger partial charge in [0.15, 0.2) is 5.82 Å². The molecule has 156 valence electrons. The highest BCUT2D eigenvalue weighted by Gasteiger charge is 2.35. The van der Waals surface area contributed by atoms with Crippen molar-refractivity contribution in [2.75, 3.05) is 0 Å². The third-order valence-electron chi connectivity index (χ3n) is 6.82. The topological polar surface area (TPSA) is 60.7 Å². The highest BCUT2D eigenvalue weighted by Crippen LogP contribution is 2.50. The predicted molar refractivity (Wildman–Crippen MR) is 126 cm³/mol. The van der Waals surface area contributed by atoms with E-state index >= 15 is 0 Å². The van der Waals surface area contributed by atoms with E-state index in [0.29, 0.717) is 5.56 Å². The van der Waals surface area contributed by atoms with E-state index in [9.17, 15) is 14.9 Å². The zero-order valence-electron chi connectivity index (χ0n) is 18.0. The molecule has 0 amide bonds. The van der Waals surface area contributed by atoms with Crippen molar-refractivity contribution in [3.63, 3.8) is 0 Å². The van der Waals surface area contributed by atoms with Gasteiger partial charge in [0.25, 0.3) is 0 Å². The lowest BCUT2D eigenvalue weighted by Gasteiger charge is -2.21. The lowest BCUT2D eigenvalue weighted by molar-refractivity contribution is 0.620. The quantitative estimate of drug-likeness (QED) is 0.279. The van der Waals surface area contributed by atoms with Crippen molar-refractivity contribution in [1.82, 2.24) is 0 Å². The molecule has 1 heterocycles. The van der Waals surface area contributed by atoms with Gasteiger partial charge in [-0.3, -0.25) is 0 Å². The Morgan fingerprint density at radius 1 is 0.727 bits per heavy atom. The maximum absolute atomic E-state index is 14.2. The minimum Gasteiger partial charge on any atom is -0.456 e. The van der Waals surface area contributed by atoms with E-state index in [0.717, 1.165) is 27.5 Å². The third-order valence-corrected chi connectivity index (χ3v) is 6.82. The molecule has 0 radical (unpaired) electrons. The van der Waals surface area contributed by atoms with E-state index in [-0.39, 0.29) is 16.5 Å². The summed E-state index contributed by atoms with van der Waals surface area (Å²) in [6.45, 7) is 4.47. The summed E-state index contributed by atoms with van der Waals surface area (Å²) in [6.07, 6.45) is 0. The van der Waals surface area contributed by atoms with Gasteiger partial charge in [0.1, 0.15) is 23.3 Å². The maximum Gasteiger partial charge on any atom is 0.158 e. The van der Waals surface area contributed by atoms with Crippen LogP contribution in [0.5, 0.6) is 0 Å². The Labute approximate surface area is 189 Å². The predicted octanol–water partition coefficient (Wildman–Crippen LogP) is 7.44. The van der Waals surface area contributed by atoms with Crippen molar-refractivity contribution >= 4 is 21.9 Å². The van der Waals surface area contributed by atoms with Crippen LogP contribution in [0, 0.1) is 28.5 Å². The number of nitriles is 2. The molecule has 0 saturated heterocycles. The fraction of sp³-hybridized carbons (Fsp3) is 0.103. The second kappa shape index (κ2) is 6.55. The van der Waals surface area contributed by atoms with Gasteiger partial charge < -0.3 is 4.42 Å². The number of nitrogens with zero attached hydrogens (tertiary/aromatic N) is 2. The van der Waals surface area contributed by atoms with Crippen LogP contribution in [0.1, 0.15) is 36.1 Å². The van der Waals surface area contributed by atoms with Crippen LogP contribution >= 0.6 is 0 Å². The standard InChI is InChI=1S/C29H17FN2O/c1-29(2)24-6-4-3-5-20(24)21-12-23-22-11-16(7-8-26(22)33-27(23)13-25(21)29)17-9-18(14-31)28(30)19(10-17)15-32/h3-13H,1-2H3. The highest BCUT2D eigenvalue weighted by molar-refractivity contribution is 6.09. The van der Waals surface area contributed by atoms with E-state index in [1.807, 2.05) is 30.3 Å². The Morgan fingerprint density at radius 3 is 2.15 bits per heavy atom. The fourth-order valence-electron chi connectivity index (χ4n) is 5.10. The molecule has 3 nitrogen and oxygen atoms in total. The van der Waals surface area contributed by atoms with Crippen molar-refractivity contribution in [3.8, 4) is 34.4 Å². The van der Waals surface area contributed by atoms with E-state index in [1.54, 1.807) is 0 Å². The second-order valence-corrected chi connectivity index (χ2v) is 8.99. The summed E-state index contributed by atoms with van der Waals surface area (Å²) in [5.41, 5.74) is 7.58. The maximum atomic E-state index is 14.2. The monoisotopic (exact) mass is 428 g/mol.